The summed E-state index contributed by atoms with van der Waals surface area (Å²) in [5.74, 6) is -1.99. The summed E-state index contributed by atoms with van der Waals surface area (Å²) < 4.78 is 11.1. The summed E-state index contributed by atoms with van der Waals surface area (Å²) >= 11 is 0. The van der Waals surface area contributed by atoms with Gasteiger partial charge in [0.15, 0.2) is 5.60 Å². The zero-order valence-corrected chi connectivity index (χ0v) is 14.6. The lowest BCUT2D eigenvalue weighted by atomic mass is 9.84. The second-order valence-electron chi connectivity index (χ2n) is 7.03. The van der Waals surface area contributed by atoms with Gasteiger partial charge in [0.2, 0.25) is 0 Å². The molecule has 4 atom stereocenters. The van der Waals surface area contributed by atoms with Crippen molar-refractivity contribution in [1.82, 2.24) is 4.90 Å². The highest BCUT2D eigenvalue weighted by Crippen LogP contribution is 2.34. The Morgan fingerprint density at radius 3 is 2.88 bits per heavy atom. The summed E-state index contributed by atoms with van der Waals surface area (Å²) in [5.41, 5.74) is -0.796. The van der Waals surface area contributed by atoms with Crippen LogP contribution in [0, 0.1) is 5.92 Å². The molecule has 138 valence electrons. The van der Waals surface area contributed by atoms with Gasteiger partial charge in [-0.3, -0.25) is 4.90 Å². The number of cyclic esters (lactones) is 1. The second kappa shape index (κ2) is 6.90. The Morgan fingerprint density at radius 2 is 2.20 bits per heavy atom. The zero-order chi connectivity index (χ0) is 18.2. The molecule has 0 spiro atoms. The predicted molar refractivity (Wildman–Crippen MR) is 88.5 cm³/mol. The van der Waals surface area contributed by atoms with Crippen molar-refractivity contribution in [1.29, 1.82) is 0 Å². The van der Waals surface area contributed by atoms with Crippen LogP contribution < -0.4 is 0 Å². The molecule has 0 unspecified atom stereocenters. The van der Waals surface area contributed by atoms with Gasteiger partial charge < -0.3 is 19.7 Å². The van der Waals surface area contributed by atoms with Gasteiger partial charge in [0.05, 0.1) is 12.6 Å². The molecule has 2 fully saturated rings. The van der Waals surface area contributed by atoms with Crippen LogP contribution in [0.1, 0.15) is 26.7 Å². The summed E-state index contributed by atoms with van der Waals surface area (Å²) in [6, 6.07) is -0.0890. The molecule has 25 heavy (non-hydrogen) atoms. The van der Waals surface area contributed by atoms with Crippen molar-refractivity contribution < 1.29 is 29.3 Å². The molecule has 3 heterocycles. The fraction of sp³-hybridized carbons (Fsp3) is 0.667. The molecule has 0 aliphatic carbocycles. The van der Waals surface area contributed by atoms with E-state index in [4.69, 9.17) is 9.47 Å². The molecule has 0 bridgehead atoms. The van der Waals surface area contributed by atoms with Crippen LogP contribution in [0.15, 0.2) is 23.3 Å². The van der Waals surface area contributed by atoms with Gasteiger partial charge in [-0.15, -0.1) is 0 Å². The minimum absolute atomic E-state index is 0.0273. The molecular formula is C18H25NO6. The molecule has 3 aliphatic heterocycles. The van der Waals surface area contributed by atoms with E-state index in [9.17, 15) is 19.8 Å². The van der Waals surface area contributed by atoms with Crippen LogP contribution in [0.25, 0.3) is 0 Å². The lowest BCUT2D eigenvalue weighted by molar-refractivity contribution is -0.176. The number of hydrogen-bond donors (Lipinski definition) is 2. The van der Waals surface area contributed by atoms with Crippen LogP contribution in [0.2, 0.25) is 0 Å². The topological polar surface area (TPSA) is 96.3 Å². The highest BCUT2D eigenvalue weighted by Gasteiger charge is 2.46. The lowest BCUT2D eigenvalue weighted by Gasteiger charge is -2.32. The van der Waals surface area contributed by atoms with Crippen molar-refractivity contribution >= 4 is 11.9 Å². The van der Waals surface area contributed by atoms with Crippen LogP contribution >= 0.6 is 0 Å². The summed E-state index contributed by atoms with van der Waals surface area (Å²) in [7, 11) is 0. The van der Waals surface area contributed by atoms with Gasteiger partial charge in [-0.25, -0.2) is 9.59 Å². The quantitative estimate of drug-likeness (QED) is 0.395. The minimum atomic E-state index is -2.05. The average Bonchev–Trinajstić information content (AvgIpc) is 3.18. The SMILES string of the molecule is C/C=C1\C[C@@H](C)[C@](O)(CO)C(=O)OCC2=CCN3CC[C@@H](OC1=O)[C@@H]23. The molecule has 0 aromatic rings. The predicted octanol–water partition coefficient (Wildman–Crippen LogP) is 0.165. The van der Waals surface area contributed by atoms with Crippen LogP contribution in [-0.2, 0) is 19.1 Å². The highest BCUT2D eigenvalue weighted by atomic mass is 16.6. The Balaban J connectivity index is 1.93. The minimum Gasteiger partial charge on any atom is -0.459 e. The summed E-state index contributed by atoms with van der Waals surface area (Å²) in [6.45, 7) is 4.12. The fourth-order valence-electron chi connectivity index (χ4n) is 3.85. The number of carbonyl (C=O) groups excluding carboxylic acids is 2. The van der Waals surface area contributed by atoms with Gasteiger partial charge in [0, 0.05) is 24.6 Å². The maximum atomic E-state index is 12.6. The number of aliphatic hydroxyl groups excluding tert-OH is 1. The number of nitrogens with zero attached hydrogens (tertiary/aromatic N) is 1. The number of aliphatic hydroxyl groups is 2. The molecular weight excluding hydrogens is 326 g/mol. The molecule has 7 nitrogen and oxygen atoms in total. The number of allylic oxidation sites excluding steroid dienone is 1. The normalized spacial score (nSPS) is 38.5. The van der Waals surface area contributed by atoms with Gasteiger partial charge in [0.25, 0.3) is 0 Å². The van der Waals surface area contributed by atoms with Gasteiger partial charge in [0.1, 0.15) is 12.7 Å². The highest BCUT2D eigenvalue weighted by molar-refractivity contribution is 5.89. The Hall–Kier alpha value is -1.70. The molecule has 2 N–H and O–H groups in total. The molecule has 0 radical (unpaired) electrons. The molecule has 0 amide bonds. The van der Waals surface area contributed by atoms with Crippen LogP contribution in [0.4, 0.5) is 0 Å². The number of esters is 2. The van der Waals surface area contributed by atoms with E-state index in [2.05, 4.69) is 4.90 Å². The smallest absolute Gasteiger partial charge is 0.341 e. The number of ether oxygens (including phenoxy) is 2. The van der Waals surface area contributed by atoms with Crippen molar-refractivity contribution in [3.05, 3.63) is 23.3 Å². The number of carbonyl (C=O) groups is 2. The first-order valence-electron chi connectivity index (χ1n) is 8.70. The van der Waals surface area contributed by atoms with E-state index in [1.807, 2.05) is 6.08 Å². The third-order valence-corrected chi connectivity index (χ3v) is 5.59. The first kappa shape index (κ1) is 18.1. The zero-order valence-electron chi connectivity index (χ0n) is 14.6. The van der Waals surface area contributed by atoms with Crippen molar-refractivity contribution in [2.75, 3.05) is 26.3 Å². The van der Waals surface area contributed by atoms with Gasteiger partial charge in [-0.1, -0.05) is 19.1 Å². The maximum Gasteiger partial charge on any atom is 0.341 e. The van der Waals surface area contributed by atoms with Crippen LogP contribution in [-0.4, -0.2) is 71.1 Å². The Bertz CT molecular complexity index is 627. The Kier molecular flexibility index (Phi) is 4.99. The first-order valence-corrected chi connectivity index (χ1v) is 8.70. The average molecular weight is 351 g/mol. The van der Waals surface area contributed by atoms with Gasteiger partial charge in [-0.2, -0.15) is 0 Å². The van der Waals surface area contributed by atoms with E-state index in [1.54, 1.807) is 19.9 Å². The van der Waals surface area contributed by atoms with Crippen LogP contribution in [0.3, 0.4) is 0 Å². The van der Waals surface area contributed by atoms with E-state index >= 15 is 0 Å². The molecule has 0 aromatic carbocycles. The van der Waals surface area contributed by atoms with Gasteiger partial charge >= 0.3 is 11.9 Å². The third-order valence-electron chi connectivity index (χ3n) is 5.59. The molecule has 3 rings (SSSR count). The summed E-state index contributed by atoms with van der Waals surface area (Å²) in [5, 5.41) is 20.2. The van der Waals surface area contributed by atoms with Crippen molar-refractivity contribution in [3.8, 4) is 0 Å². The molecule has 0 saturated carbocycles. The lowest BCUT2D eigenvalue weighted by Crippen LogP contribution is -2.50. The van der Waals surface area contributed by atoms with E-state index in [1.165, 1.54) is 0 Å². The van der Waals surface area contributed by atoms with Crippen molar-refractivity contribution in [2.45, 2.75) is 44.4 Å². The number of hydrogen-bond acceptors (Lipinski definition) is 7. The first-order chi connectivity index (χ1) is 11.9. The van der Waals surface area contributed by atoms with E-state index < -0.39 is 30.1 Å². The molecule has 7 heteroatoms. The Labute approximate surface area is 146 Å². The summed E-state index contributed by atoms with van der Waals surface area (Å²) in [4.78, 5) is 27.2. The maximum absolute atomic E-state index is 12.6. The van der Waals surface area contributed by atoms with Gasteiger partial charge in [-0.05, 0) is 25.3 Å². The number of rotatable bonds is 1. The molecule has 2 saturated heterocycles. The monoisotopic (exact) mass is 351 g/mol. The van der Waals surface area contributed by atoms with E-state index in [-0.39, 0.29) is 25.2 Å². The van der Waals surface area contributed by atoms with E-state index in [0.29, 0.717) is 5.57 Å². The Morgan fingerprint density at radius 1 is 1.44 bits per heavy atom. The third kappa shape index (κ3) is 3.12. The van der Waals surface area contributed by atoms with Crippen LogP contribution in [0.5, 0.6) is 0 Å². The second-order valence-corrected chi connectivity index (χ2v) is 7.03. The van der Waals surface area contributed by atoms with E-state index in [0.717, 1.165) is 25.1 Å². The fourth-order valence-corrected chi connectivity index (χ4v) is 3.85. The molecule has 0 aromatic heterocycles. The van der Waals surface area contributed by atoms with Crippen molar-refractivity contribution in [2.24, 2.45) is 5.92 Å². The largest absolute Gasteiger partial charge is 0.459 e. The van der Waals surface area contributed by atoms with Crippen molar-refractivity contribution in [3.63, 3.8) is 0 Å². The molecule has 3 aliphatic rings. The standard InChI is InChI=1S/C18H25NO6/c1-3-12-8-11(2)18(23,10-20)17(22)24-9-13-4-6-19-7-5-14(15(13)19)25-16(12)21/h3-4,11,14-15,20,23H,5-10H2,1-2H3/b12-3+/t11-,14-,15-,18-/m1/s1. The summed E-state index contributed by atoms with van der Waals surface area (Å²) in [6.07, 6.45) is 4.20.